The lowest BCUT2D eigenvalue weighted by Gasteiger charge is -2.30. The molecule has 2 aromatic carbocycles. The molecule has 1 amide bonds. The Morgan fingerprint density at radius 2 is 1.94 bits per heavy atom. The number of nitrogens with zero attached hydrogens (tertiary/aromatic N) is 3. The third kappa shape index (κ3) is 4.68. The molecule has 170 valence electrons. The Kier molecular flexibility index (Phi) is 5.96. The summed E-state index contributed by atoms with van der Waals surface area (Å²) in [5, 5.41) is 3.68. The molecule has 1 aliphatic heterocycles. The lowest BCUT2D eigenvalue weighted by molar-refractivity contribution is -0.121. The number of hydrogen-bond donors (Lipinski definition) is 1. The fourth-order valence-corrected chi connectivity index (χ4v) is 4.59. The average Bonchev–Trinajstić information content (AvgIpc) is 3.20. The Bertz CT molecular complexity index is 1340. The molecule has 2 aromatic heterocycles. The van der Waals surface area contributed by atoms with Crippen molar-refractivity contribution in [2.45, 2.75) is 39.4 Å². The average molecular weight is 445 g/mol. The van der Waals surface area contributed by atoms with Crippen molar-refractivity contribution in [3.8, 4) is 0 Å². The molecule has 1 aliphatic rings. The summed E-state index contributed by atoms with van der Waals surface area (Å²) in [4.78, 5) is 32.1. The van der Waals surface area contributed by atoms with Crippen LogP contribution >= 0.6 is 0 Å². The Morgan fingerprint density at radius 1 is 1.15 bits per heavy atom. The van der Waals surface area contributed by atoms with Gasteiger partial charge in [-0.2, -0.15) is 0 Å². The molecule has 33 heavy (non-hydrogen) atoms. The van der Waals surface area contributed by atoms with Crippen LogP contribution in [0.5, 0.6) is 0 Å². The van der Waals surface area contributed by atoms with E-state index in [2.05, 4.69) is 46.4 Å². The number of benzene rings is 2. The van der Waals surface area contributed by atoms with Gasteiger partial charge in [0.05, 0.1) is 6.33 Å². The molecule has 7 heteroatoms. The number of furan rings is 1. The summed E-state index contributed by atoms with van der Waals surface area (Å²) in [5.74, 6) is 0.518. The molecule has 7 nitrogen and oxygen atoms in total. The van der Waals surface area contributed by atoms with E-state index in [-0.39, 0.29) is 23.6 Å². The van der Waals surface area contributed by atoms with E-state index in [0.717, 1.165) is 36.5 Å². The quantitative estimate of drug-likeness (QED) is 0.491. The van der Waals surface area contributed by atoms with Crippen molar-refractivity contribution in [2.75, 3.05) is 13.1 Å². The Balaban J connectivity index is 1.19. The minimum Gasteiger partial charge on any atom is -0.448 e. The van der Waals surface area contributed by atoms with E-state index in [9.17, 15) is 9.59 Å². The Labute approximate surface area is 192 Å². The summed E-state index contributed by atoms with van der Waals surface area (Å²) in [6.45, 7) is 5.91. The van der Waals surface area contributed by atoms with Crippen LogP contribution in [0.3, 0.4) is 0 Å². The maximum atomic E-state index is 12.8. The van der Waals surface area contributed by atoms with Crippen LogP contribution in [-0.4, -0.2) is 33.4 Å². The summed E-state index contributed by atoms with van der Waals surface area (Å²) in [6.07, 6.45) is 4.00. The predicted molar refractivity (Wildman–Crippen MR) is 128 cm³/mol. The van der Waals surface area contributed by atoms with Crippen LogP contribution in [0.15, 0.2) is 64.1 Å². The second kappa shape index (κ2) is 9.19. The fraction of sp³-hybridized carbons (Fsp3) is 0.346. The molecule has 5 rings (SSSR count). The monoisotopic (exact) mass is 444 g/mol. The van der Waals surface area contributed by atoms with E-state index in [0.29, 0.717) is 17.6 Å². The zero-order chi connectivity index (χ0) is 22.8. The number of fused-ring (bicyclic) bond motifs is 3. The van der Waals surface area contributed by atoms with Crippen LogP contribution in [0.4, 0.5) is 0 Å². The zero-order valence-corrected chi connectivity index (χ0v) is 18.8. The molecule has 1 fully saturated rings. The molecule has 0 aliphatic carbocycles. The van der Waals surface area contributed by atoms with Gasteiger partial charge in [-0.3, -0.25) is 19.1 Å². The number of nitrogens with one attached hydrogen (secondary N) is 1. The third-order valence-electron chi connectivity index (χ3n) is 6.32. The molecule has 0 saturated carbocycles. The molecule has 1 unspecified atom stereocenters. The van der Waals surface area contributed by atoms with Gasteiger partial charge in [0.25, 0.3) is 5.56 Å². The fourth-order valence-electron chi connectivity index (χ4n) is 4.59. The molecule has 1 atom stereocenters. The maximum Gasteiger partial charge on any atom is 0.297 e. The van der Waals surface area contributed by atoms with E-state index in [1.807, 2.05) is 18.2 Å². The first kappa shape index (κ1) is 21.4. The highest BCUT2D eigenvalue weighted by atomic mass is 16.3. The van der Waals surface area contributed by atoms with Crippen molar-refractivity contribution >= 4 is 28.0 Å². The van der Waals surface area contributed by atoms with Crippen molar-refractivity contribution in [1.82, 2.24) is 19.8 Å². The minimum absolute atomic E-state index is 0.107. The standard InChI is InChI=1S/C26H28N4O3/c1-18-5-4-12-29(14-18)15-20-10-8-19(9-11-20)13-27-23(31)16-30-17-28-24-21-6-2-3-7-22(21)33-25(24)26(30)32/h2-3,6-11,17-18H,4-5,12-16H2,1H3,(H,27,31). The normalized spacial score (nSPS) is 16.9. The molecular weight excluding hydrogens is 416 g/mol. The van der Waals surface area contributed by atoms with Gasteiger partial charge in [-0.15, -0.1) is 0 Å². The van der Waals surface area contributed by atoms with Crippen molar-refractivity contribution < 1.29 is 9.21 Å². The first-order chi connectivity index (χ1) is 16.1. The van der Waals surface area contributed by atoms with Gasteiger partial charge in [0.2, 0.25) is 11.5 Å². The maximum absolute atomic E-state index is 12.8. The number of para-hydroxylation sites is 1. The number of likely N-dealkylation sites (tertiary alicyclic amines) is 1. The second-order valence-electron chi connectivity index (χ2n) is 9.03. The number of carbonyl (C=O) groups excluding carboxylic acids is 1. The van der Waals surface area contributed by atoms with E-state index >= 15 is 0 Å². The van der Waals surface area contributed by atoms with E-state index in [1.54, 1.807) is 6.07 Å². The van der Waals surface area contributed by atoms with Gasteiger partial charge in [-0.1, -0.05) is 43.3 Å². The van der Waals surface area contributed by atoms with Gasteiger partial charge in [0.1, 0.15) is 17.6 Å². The summed E-state index contributed by atoms with van der Waals surface area (Å²) < 4.78 is 6.96. The first-order valence-electron chi connectivity index (χ1n) is 11.5. The zero-order valence-electron chi connectivity index (χ0n) is 18.8. The van der Waals surface area contributed by atoms with Crippen molar-refractivity contribution in [1.29, 1.82) is 0 Å². The molecule has 0 spiro atoms. The highest BCUT2D eigenvalue weighted by molar-refractivity contribution is 6.01. The van der Waals surface area contributed by atoms with Crippen LogP contribution in [-0.2, 0) is 24.4 Å². The molecule has 1 saturated heterocycles. The third-order valence-corrected chi connectivity index (χ3v) is 6.32. The lowest BCUT2D eigenvalue weighted by Crippen LogP contribution is -2.33. The smallest absolute Gasteiger partial charge is 0.297 e. The molecular formula is C26H28N4O3. The van der Waals surface area contributed by atoms with E-state index in [4.69, 9.17) is 4.42 Å². The molecule has 1 N–H and O–H groups in total. The number of piperidine rings is 1. The summed E-state index contributed by atoms with van der Waals surface area (Å²) in [6, 6.07) is 15.7. The molecule has 0 bridgehead atoms. The largest absolute Gasteiger partial charge is 0.448 e. The number of carbonyl (C=O) groups is 1. The van der Waals surface area contributed by atoms with Crippen molar-refractivity contribution in [3.63, 3.8) is 0 Å². The van der Waals surface area contributed by atoms with E-state index in [1.165, 1.54) is 29.3 Å². The number of hydrogen-bond acceptors (Lipinski definition) is 5. The topological polar surface area (TPSA) is 80.4 Å². The summed E-state index contributed by atoms with van der Waals surface area (Å²) in [5.41, 5.74) is 3.25. The number of aromatic nitrogens is 2. The number of rotatable bonds is 6. The van der Waals surface area contributed by atoms with Crippen molar-refractivity contribution in [3.05, 3.63) is 76.3 Å². The summed E-state index contributed by atoms with van der Waals surface area (Å²) >= 11 is 0. The summed E-state index contributed by atoms with van der Waals surface area (Å²) in [7, 11) is 0. The number of amides is 1. The highest BCUT2D eigenvalue weighted by Crippen LogP contribution is 2.24. The SMILES string of the molecule is CC1CCCN(Cc2ccc(CNC(=O)Cn3cnc4c(oc5ccccc54)c3=O)cc2)C1. The van der Waals surface area contributed by atoms with Gasteiger partial charge >= 0.3 is 0 Å². The van der Waals surface area contributed by atoms with Crippen LogP contribution in [0.25, 0.3) is 22.1 Å². The van der Waals surface area contributed by atoms with Gasteiger partial charge in [0.15, 0.2) is 0 Å². The van der Waals surface area contributed by atoms with Gasteiger partial charge in [-0.25, -0.2) is 4.98 Å². The van der Waals surface area contributed by atoms with Crippen LogP contribution in [0.2, 0.25) is 0 Å². The van der Waals surface area contributed by atoms with E-state index < -0.39 is 0 Å². The Morgan fingerprint density at radius 3 is 2.76 bits per heavy atom. The first-order valence-corrected chi connectivity index (χ1v) is 11.5. The van der Waals surface area contributed by atoms with Gasteiger partial charge in [-0.05, 0) is 48.6 Å². The van der Waals surface area contributed by atoms with Crippen molar-refractivity contribution in [2.24, 2.45) is 5.92 Å². The highest BCUT2D eigenvalue weighted by Gasteiger charge is 2.16. The van der Waals surface area contributed by atoms with Gasteiger partial charge < -0.3 is 9.73 Å². The molecule has 0 radical (unpaired) electrons. The predicted octanol–water partition coefficient (Wildman–Crippen LogP) is 3.69. The van der Waals surface area contributed by atoms with Crippen LogP contribution < -0.4 is 10.9 Å². The van der Waals surface area contributed by atoms with Crippen LogP contribution in [0, 0.1) is 5.92 Å². The second-order valence-corrected chi connectivity index (χ2v) is 9.03. The van der Waals surface area contributed by atoms with Crippen LogP contribution in [0.1, 0.15) is 30.9 Å². The lowest BCUT2D eigenvalue weighted by atomic mass is 9.99. The Hall–Kier alpha value is -3.45. The van der Waals surface area contributed by atoms with Gasteiger partial charge in [0, 0.05) is 25.0 Å². The minimum atomic E-state index is -0.359. The molecule has 3 heterocycles. The molecule has 4 aromatic rings.